The van der Waals surface area contributed by atoms with Crippen LogP contribution in [0.4, 0.5) is 10.1 Å². The number of rotatable bonds is 5. The first kappa shape index (κ1) is 18.9. The standard InChI is InChI=1S/C19H21FN4O3/c20-14-6-7-18(24(26)27)17(12-14)19(25)23(13-15-4-1-2-10-22-15)16-5-3-9-21-11-8-16/h1-2,4,6-7,10,12,16,21H,3,5,8-9,11,13H2. The average Bonchev–Trinajstić information content (AvgIpc) is 2.95. The fourth-order valence-corrected chi connectivity index (χ4v) is 3.34. The molecule has 27 heavy (non-hydrogen) atoms. The van der Waals surface area contributed by atoms with Gasteiger partial charge in [-0.1, -0.05) is 6.07 Å². The largest absolute Gasteiger partial charge is 0.329 e. The molecule has 2 heterocycles. The van der Waals surface area contributed by atoms with Crippen LogP contribution in [0.1, 0.15) is 35.3 Å². The van der Waals surface area contributed by atoms with Crippen molar-refractivity contribution in [1.29, 1.82) is 0 Å². The van der Waals surface area contributed by atoms with Crippen molar-refractivity contribution in [2.75, 3.05) is 13.1 Å². The van der Waals surface area contributed by atoms with Crippen molar-refractivity contribution in [2.45, 2.75) is 31.8 Å². The molecule has 1 saturated heterocycles. The molecule has 3 rings (SSSR count). The molecule has 0 bridgehead atoms. The summed E-state index contributed by atoms with van der Waals surface area (Å²) in [6, 6.07) is 8.28. The summed E-state index contributed by atoms with van der Waals surface area (Å²) in [6.07, 6.45) is 4.02. The Kier molecular flexibility index (Phi) is 6.08. The van der Waals surface area contributed by atoms with Crippen LogP contribution in [0.3, 0.4) is 0 Å². The summed E-state index contributed by atoms with van der Waals surface area (Å²) >= 11 is 0. The van der Waals surface area contributed by atoms with E-state index in [2.05, 4.69) is 10.3 Å². The summed E-state index contributed by atoms with van der Waals surface area (Å²) in [5, 5.41) is 14.6. The van der Waals surface area contributed by atoms with Crippen molar-refractivity contribution in [2.24, 2.45) is 0 Å². The first-order valence-electron chi connectivity index (χ1n) is 8.92. The average molecular weight is 372 g/mol. The van der Waals surface area contributed by atoms with Crippen molar-refractivity contribution in [3.8, 4) is 0 Å². The number of carbonyl (C=O) groups is 1. The number of pyridine rings is 1. The molecule has 0 aliphatic carbocycles. The van der Waals surface area contributed by atoms with Gasteiger partial charge < -0.3 is 10.2 Å². The van der Waals surface area contributed by atoms with Crippen molar-refractivity contribution in [1.82, 2.24) is 15.2 Å². The highest BCUT2D eigenvalue weighted by Crippen LogP contribution is 2.25. The van der Waals surface area contributed by atoms with E-state index in [0.717, 1.165) is 50.6 Å². The Labute approximate surface area is 156 Å². The van der Waals surface area contributed by atoms with Crippen molar-refractivity contribution in [3.63, 3.8) is 0 Å². The third-order valence-corrected chi connectivity index (χ3v) is 4.69. The first-order valence-corrected chi connectivity index (χ1v) is 8.92. The quantitative estimate of drug-likeness (QED) is 0.644. The summed E-state index contributed by atoms with van der Waals surface area (Å²) in [7, 11) is 0. The van der Waals surface area contributed by atoms with E-state index in [4.69, 9.17) is 0 Å². The van der Waals surface area contributed by atoms with Gasteiger partial charge in [-0.2, -0.15) is 0 Å². The van der Waals surface area contributed by atoms with Crippen LogP contribution >= 0.6 is 0 Å². The van der Waals surface area contributed by atoms with Gasteiger partial charge in [0, 0.05) is 18.3 Å². The molecule has 1 N–H and O–H groups in total. The van der Waals surface area contributed by atoms with Crippen molar-refractivity contribution in [3.05, 3.63) is 69.8 Å². The van der Waals surface area contributed by atoms with Crippen molar-refractivity contribution >= 4 is 11.6 Å². The Morgan fingerprint density at radius 1 is 1.30 bits per heavy atom. The zero-order chi connectivity index (χ0) is 19.2. The second-order valence-electron chi connectivity index (χ2n) is 6.51. The Bertz CT molecular complexity index is 808. The van der Waals surface area contributed by atoms with Crippen LogP contribution in [0.5, 0.6) is 0 Å². The number of halogens is 1. The minimum atomic E-state index is -0.677. The maximum atomic E-state index is 13.8. The van der Waals surface area contributed by atoms with Gasteiger partial charge in [0.15, 0.2) is 0 Å². The number of aromatic nitrogens is 1. The molecule has 0 spiro atoms. The van der Waals surface area contributed by atoms with E-state index in [0.29, 0.717) is 5.69 Å². The van der Waals surface area contributed by atoms with Crippen LogP contribution in [0.15, 0.2) is 42.6 Å². The van der Waals surface area contributed by atoms with Crippen LogP contribution in [0.2, 0.25) is 0 Å². The predicted octanol–water partition coefficient (Wildman–Crippen LogP) is 2.91. The number of hydrogen-bond donors (Lipinski definition) is 1. The molecule has 1 atom stereocenters. The predicted molar refractivity (Wildman–Crippen MR) is 97.7 cm³/mol. The van der Waals surface area contributed by atoms with Crippen LogP contribution in [-0.4, -0.2) is 39.8 Å². The smallest absolute Gasteiger partial charge is 0.282 e. The molecule has 1 aliphatic rings. The molecule has 2 aromatic rings. The topological polar surface area (TPSA) is 88.4 Å². The maximum Gasteiger partial charge on any atom is 0.282 e. The van der Waals surface area contributed by atoms with Gasteiger partial charge in [0.1, 0.15) is 11.4 Å². The van der Waals surface area contributed by atoms with E-state index in [1.807, 2.05) is 6.07 Å². The third-order valence-electron chi connectivity index (χ3n) is 4.69. The van der Waals surface area contributed by atoms with Gasteiger partial charge in [-0.05, 0) is 56.6 Å². The molecule has 1 unspecified atom stereocenters. The molecule has 1 fully saturated rings. The molecular formula is C19H21FN4O3. The van der Waals surface area contributed by atoms with Crippen molar-refractivity contribution < 1.29 is 14.1 Å². The fourth-order valence-electron chi connectivity index (χ4n) is 3.34. The molecule has 0 saturated carbocycles. The van der Waals surface area contributed by atoms with Gasteiger partial charge in [-0.3, -0.25) is 19.9 Å². The van der Waals surface area contributed by atoms with E-state index in [9.17, 15) is 19.3 Å². The summed E-state index contributed by atoms with van der Waals surface area (Å²) in [5.41, 5.74) is 0.0643. The summed E-state index contributed by atoms with van der Waals surface area (Å²) in [6.45, 7) is 1.84. The Morgan fingerprint density at radius 2 is 2.15 bits per heavy atom. The molecule has 0 radical (unpaired) electrons. The monoisotopic (exact) mass is 372 g/mol. The van der Waals surface area contributed by atoms with E-state index >= 15 is 0 Å². The fraction of sp³-hybridized carbons (Fsp3) is 0.368. The van der Waals surface area contributed by atoms with Gasteiger partial charge >= 0.3 is 0 Å². The van der Waals surface area contributed by atoms with E-state index < -0.39 is 16.6 Å². The van der Waals surface area contributed by atoms with Crippen LogP contribution in [0, 0.1) is 15.9 Å². The van der Waals surface area contributed by atoms with E-state index in [-0.39, 0.29) is 23.8 Å². The number of hydrogen-bond acceptors (Lipinski definition) is 5. The number of amides is 1. The van der Waals surface area contributed by atoms with Gasteiger partial charge in [-0.15, -0.1) is 0 Å². The molecule has 8 heteroatoms. The summed E-state index contributed by atoms with van der Waals surface area (Å²) in [4.78, 5) is 29.8. The van der Waals surface area contributed by atoms with Gasteiger partial charge in [0.05, 0.1) is 17.2 Å². The molecule has 1 aromatic carbocycles. The lowest BCUT2D eigenvalue weighted by molar-refractivity contribution is -0.385. The second kappa shape index (κ2) is 8.68. The number of nitro benzene ring substituents is 1. The molecule has 1 amide bonds. The molecular weight excluding hydrogens is 351 g/mol. The maximum absolute atomic E-state index is 13.8. The lowest BCUT2D eigenvalue weighted by atomic mass is 10.0. The molecule has 1 aliphatic heterocycles. The van der Waals surface area contributed by atoms with Crippen LogP contribution in [0.25, 0.3) is 0 Å². The Balaban J connectivity index is 1.97. The highest BCUT2D eigenvalue weighted by molar-refractivity contribution is 5.98. The second-order valence-corrected chi connectivity index (χ2v) is 6.51. The third kappa shape index (κ3) is 4.65. The lowest BCUT2D eigenvalue weighted by Crippen LogP contribution is -2.40. The van der Waals surface area contributed by atoms with Gasteiger partial charge in [-0.25, -0.2) is 4.39 Å². The molecule has 7 nitrogen and oxygen atoms in total. The van der Waals surface area contributed by atoms with E-state index in [1.165, 1.54) is 0 Å². The minimum Gasteiger partial charge on any atom is -0.329 e. The summed E-state index contributed by atoms with van der Waals surface area (Å²) < 4.78 is 13.8. The highest BCUT2D eigenvalue weighted by Gasteiger charge is 2.30. The zero-order valence-electron chi connectivity index (χ0n) is 14.8. The van der Waals surface area contributed by atoms with E-state index in [1.54, 1.807) is 23.2 Å². The highest BCUT2D eigenvalue weighted by atomic mass is 19.1. The number of carbonyl (C=O) groups excluding carboxylic acids is 1. The molecule has 1 aromatic heterocycles. The summed E-state index contributed by atoms with van der Waals surface area (Å²) in [5.74, 6) is -1.22. The van der Waals surface area contributed by atoms with Crippen LogP contribution in [-0.2, 0) is 6.54 Å². The molecule has 142 valence electrons. The number of nitrogens with zero attached hydrogens (tertiary/aromatic N) is 3. The van der Waals surface area contributed by atoms with Crippen LogP contribution < -0.4 is 5.32 Å². The van der Waals surface area contributed by atoms with Gasteiger partial charge in [0.2, 0.25) is 0 Å². The Hall–Kier alpha value is -2.87. The lowest BCUT2D eigenvalue weighted by Gasteiger charge is -2.31. The Morgan fingerprint density at radius 3 is 2.89 bits per heavy atom. The van der Waals surface area contributed by atoms with Gasteiger partial charge in [0.25, 0.3) is 11.6 Å². The SMILES string of the molecule is O=C(c1cc(F)ccc1[N+](=O)[O-])N(Cc1ccccn1)C1CCCNCC1. The minimum absolute atomic E-state index is 0.0997. The normalized spacial score (nSPS) is 17.1. The number of nitro groups is 1. The zero-order valence-corrected chi connectivity index (χ0v) is 14.8. The first-order chi connectivity index (χ1) is 13.1. The number of nitrogens with one attached hydrogen (secondary N) is 1. The number of benzene rings is 1.